The van der Waals surface area contributed by atoms with E-state index in [0.717, 1.165) is 47.5 Å². The maximum Gasteiger partial charge on any atom is 0.264 e. The first-order valence-electron chi connectivity index (χ1n) is 13.6. The monoisotopic (exact) mass is 581 g/mol. The molecule has 212 valence electrons. The lowest BCUT2D eigenvalue weighted by Gasteiger charge is -2.33. The molecule has 7 nitrogen and oxygen atoms in total. The Morgan fingerprint density at radius 2 is 1.55 bits per heavy atom. The summed E-state index contributed by atoms with van der Waals surface area (Å²) in [5, 5.41) is 3.57. The number of nitrogens with zero attached hydrogens (tertiary/aromatic N) is 2. The van der Waals surface area contributed by atoms with Crippen LogP contribution < -0.4 is 9.62 Å². The third-order valence-corrected chi connectivity index (χ3v) is 9.49. The molecule has 1 atom stereocenters. The number of sulfonamides is 1. The van der Waals surface area contributed by atoms with Gasteiger partial charge in [0.1, 0.15) is 12.6 Å². The van der Waals surface area contributed by atoms with Crippen LogP contribution in [0.4, 0.5) is 5.69 Å². The predicted octanol–water partition coefficient (Wildman–Crippen LogP) is 5.71. The van der Waals surface area contributed by atoms with Crippen molar-refractivity contribution in [2.24, 2.45) is 0 Å². The van der Waals surface area contributed by atoms with Crippen molar-refractivity contribution in [1.29, 1.82) is 0 Å². The second-order valence-electron chi connectivity index (χ2n) is 10.3. The fourth-order valence-corrected chi connectivity index (χ4v) is 6.54. The van der Waals surface area contributed by atoms with Crippen LogP contribution in [-0.4, -0.2) is 43.8 Å². The zero-order valence-electron chi connectivity index (χ0n) is 22.9. The van der Waals surface area contributed by atoms with Gasteiger partial charge in [-0.05, 0) is 74.2 Å². The molecule has 0 heterocycles. The molecule has 0 aromatic heterocycles. The van der Waals surface area contributed by atoms with Gasteiger partial charge in [0.2, 0.25) is 11.8 Å². The molecule has 0 saturated heterocycles. The lowest BCUT2D eigenvalue weighted by Crippen LogP contribution is -2.53. The van der Waals surface area contributed by atoms with Crippen LogP contribution in [0.5, 0.6) is 0 Å². The summed E-state index contributed by atoms with van der Waals surface area (Å²) in [6.07, 6.45) is 5.14. The predicted molar refractivity (Wildman–Crippen MR) is 159 cm³/mol. The minimum Gasteiger partial charge on any atom is -0.352 e. The number of carbonyl (C=O) groups is 2. The van der Waals surface area contributed by atoms with Gasteiger partial charge in [-0.3, -0.25) is 13.9 Å². The van der Waals surface area contributed by atoms with Crippen LogP contribution in [0.1, 0.15) is 50.2 Å². The SMILES string of the molecule is Cc1ccccc1CN(C(=O)CN(c1ccc(Cl)cc1)S(=O)(=O)c1ccccc1)C(C)C(=O)NC1CCCCC1. The molecule has 9 heteroatoms. The molecule has 2 amide bonds. The van der Waals surface area contributed by atoms with Crippen LogP contribution in [0, 0.1) is 6.92 Å². The van der Waals surface area contributed by atoms with E-state index < -0.39 is 28.5 Å². The molecule has 3 aromatic rings. The molecule has 0 radical (unpaired) electrons. The number of benzene rings is 3. The highest BCUT2D eigenvalue weighted by Gasteiger charge is 2.33. The average Bonchev–Trinajstić information content (AvgIpc) is 2.96. The third-order valence-electron chi connectivity index (χ3n) is 7.45. The van der Waals surface area contributed by atoms with Crippen LogP contribution in [0.2, 0.25) is 5.02 Å². The quantitative estimate of drug-likeness (QED) is 0.332. The number of hydrogen-bond donors (Lipinski definition) is 1. The molecule has 1 N–H and O–H groups in total. The molecule has 3 aromatic carbocycles. The summed E-state index contributed by atoms with van der Waals surface area (Å²) in [4.78, 5) is 29.0. The Morgan fingerprint density at radius 3 is 2.20 bits per heavy atom. The first-order valence-corrected chi connectivity index (χ1v) is 15.5. The Hall–Kier alpha value is -3.36. The van der Waals surface area contributed by atoms with Gasteiger partial charge in [-0.2, -0.15) is 0 Å². The van der Waals surface area contributed by atoms with E-state index in [1.807, 2.05) is 31.2 Å². The van der Waals surface area contributed by atoms with E-state index in [0.29, 0.717) is 10.7 Å². The summed E-state index contributed by atoms with van der Waals surface area (Å²) < 4.78 is 28.7. The van der Waals surface area contributed by atoms with E-state index in [2.05, 4.69) is 5.32 Å². The topological polar surface area (TPSA) is 86.8 Å². The van der Waals surface area contributed by atoms with Crippen molar-refractivity contribution in [2.45, 2.75) is 69.5 Å². The molecule has 0 aliphatic heterocycles. The Balaban J connectivity index is 1.67. The number of anilines is 1. The number of hydrogen-bond acceptors (Lipinski definition) is 4. The summed E-state index contributed by atoms with van der Waals surface area (Å²) in [7, 11) is -4.10. The van der Waals surface area contributed by atoms with E-state index in [1.54, 1.807) is 49.4 Å². The molecule has 0 spiro atoms. The Morgan fingerprint density at radius 1 is 0.925 bits per heavy atom. The highest BCUT2D eigenvalue weighted by atomic mass is 35.5. The second-order valence-corrected chi connectivity index (χ2v) is 12.6. The number of carbonyl (C=O) groups excluding carboxylic acids is 2. The highest BCUT2D eigenvalue weighted by molar-refractivity contribution is 7.92. The van der Waals surface area contributed by atoms with E-state index in [9.17, 15) is 18.0 Å². The van der Waals surface area contributed by atoms with Crippen molar-refractivity contribution < 1.29 is 18.0 Å². The number of nitrogens with one attached hydrogen (secondary N) is 1. The van der Waals surface area contributed by atoms with E-state index >= 15 is 0 Å². The number of amides is 2. The van der Waals surface area contributed by atoms with E-state index in [-0.39, 0.29) is 23.4 Å². The summed E-state index contributed by atoms with van der Waals surface area (Å²) in [6, 6.07) is 21.2. The zero-order chi connectivity index (χ0) is 28.7. The Kier molecular flexibility index (Phi) is 9.87. The molecule has 1 aliphatic carbocycles. The van der Waals surface area contributed by atoms with Crippen molar-refractivity contribution in [3.8, 4) is 0 Å². The summed E-state index contributed by atoms with van der Waals surface area (Å²) in [5.74, 6) is -0.721. The normalized spacial score (nSPS) is 14.8. The van der Waals surface area contributed by atoms with E-state index in [4.69, 9.17) is 11.6 Å². The van der Waals surface area contributed by atoms with Gasteiger partial charge in [0, 0.05) is 17.6 Å². The standard InChI is InChI=1S/C31H36ClN3O4S/c1-23-11-9-10-12-25(23)21-34(24(2)31(37)33-27-13-5-3-6-14-27)30(36)22-35(28-19-17-26(32)18-20-28)40(38,39)29-15-7-4-8-16-29/h4,7-12,15-20,24,27H,3,5-6,13-14,21-22H2,1-2H3,(H,33,37). The average molecular weight is 582 g/mol. The molecule has 1 unspecified atom stereocenters. The van der Waals surface area contributed by atoms with Crippen LogP contribution in [0.25, 0.3) is 0 Å². The van der Waals surface area contributed by atoms with E-state index in [1.165, 1.54) is 17.0 Å². The van der Waals surface area contributed by atoms with Crippen LogP contribution in [0.15, 0.2) is 83.8 Å². The van der Waals surface area contributed by atoms with Crippen molar-refractivity contribution >= 4 is 39.1 Å². The molecule has 1 aliphatic rings. The van der Waals surface area contributed by atoms with Crippen molar-refractivity contribution in [3.05, 3.63) is 95.0 Å². The minimum atomic E-state index is -4.10. The smallest absolute Gasteiger partial charge is 0.264 e. The first-order chi connectivity index (χ1) is 19.2. The van der Waals surface area contributed by atoms with Crippen LogP contribution in [-0.2, 0) is 26.2 Å². The summed E-state index contributed by atoms with van der Waals surface area (Å²) in [6.45, 7) is 3.34. The molecule has 4 rings (SSSR count). The van der Waals surface area contributed by atoms with Crippen LogP contribution >= 0.6 is 11.6 Å². The molecule has 0 bridgehead atoms. The maximum atomic E-state index is 14.0. The van der Waals surface area contributed by atoms with Gasteiger partial charge < -0.3 is 10.2 Å². The van der Waals surface area contributed by atoms with Gasteiger partial charge in [-0.25, -0.2) is 8.42 Å². The van der Waals surface area contributed by atoms with Gasteiger partial charge in [0.05, 0.1) is 10.6 Å². The van der Waals surface area contributed by atoms with Gasteiger partial charge >= 0.3 is 0 Å². The minimum absolute atomic E-state index is 0.0614. The Labute approximate surface area is 242 Å². The molecular formula is C31H36ClN3O4S. The lowest BCUT2D eigenvalue weighted by molar-refractivity contribution is -0.139. The summed E-state index contributed by atoms with van der Waals surface area (Å²) >= 11 is 6.08. The van der Waals surface area contributed by atoms with Crippen molar-refractivity contribution in [1.82, 2.24) is 10.2 Å². The molecule has 40 heavy (non-hydrogen) atoms. The fourth-order valence-electron chi connectivity index (χ4n) is 4.98. The molecule has 1 saturated carbocycles. The molecular weight excluding hydrogens is 546 g/mol. The highest BCUT2D eigenvalue weighted by Crippen LogP contribution is 2.26. The van der Waals surface area contributed by atoms with Crippen LogP contribution in [0.3, 0.4) is 0 Å². The number of rotatable bonds is 10. The van der Waals surface area contributed by atoms with Gasteiger partial charge in [0.15, 0.2) is 0 Å². The summed E-state index contributed by atoms with van der Waals surface area (Å²) in [5.41, 5.74) is 2.17. The zero-order valence-corrected chi connectivity index (χ0v) is 24.5. The largest absolute Gasteiger partial charge is 0.352 e. The first kappa shape index (κ1) is 29.6. The fraction of sp³-hybridized carbons (Fsp3) is 0.355. The molecule has 1 fully saturated rings. The Bertz CT molecular complexity index is 1410. The van der Waals surface area contributed by atoms with Gasteiger partial charge in [0.25, 0.3) is 10.0 Å². The van der Waals surface area contributed by atoms with Crippen molar-refractivity contribution in [3.63, 3.8) is 0 Å². The number of aryl methyl sites for hydroxylation is 1. The second kappa shape index (κ2) is 13.3. The number of halogens is 1. The third kappa shape index (κ3) is 7.23. The van der Waals surface area contributed by atoms with Gasteiger partial charge in [-0.1, -0.05) is 73.3 Å². The van der Waals surface area contributed by atoms with Gasteiger partial charge in [-0.15, -0.1) is 0 Å². The maximum absolute atomic E-state index is 14.0. The van der Waals surface area contributed by atoms with Crippen molar-refractivity contribution in [2.75, 3.05) is 10.8 Å². The lowest BCUT2D eigenvalue weighted by atomic mass is 9.95.